The first kappa shape index (κ1) is 18.9. The van der Waals surface area contributed by atoms with Gasteiger partial charge in [0.15, 0.2) is 0 Å². The predicted molar refractivity (Wildman–Crippen MR) is 101 cm³/mol. The van der Waals surface area contributed by atoms with Gasteiger partial charge < -0.3 is 10.2 Å². The topological polar surface area (TPSA) is 74.6 Å². The van der Waals surface area contributed by atoms with Crippen molar-refractivity contribution in [2.24, 2.45) is 0 Å². The van der Waals surface area contributed by atoms with Crippen molar-refractivity contribution in [3.8, 4) is 0 Å². The van der Waals surface area contributed by atoms with Crippen LogP contribution in [0.5, 0.6) is 0 Å². The van der Waals surface area contributed by atoms with Gasteiger partial charge in [0.1, 0.15) is 0 Å². The van der Waals surface area contributed by atoms with E-state index in [1.165, 1.54) is 35.4 Å². The third-order valence-electron chi connectivity index (χ3n) is 3.77. The molecule has 0 spiro atoms. The maximum atomic E-state index is 10.3. The van der Waals surface area contributed by atoms with Crippen LogP contribution in [0.4, 0.5) is 0 Å². The average Bonchev–Trinajstić information content (AvgIpc) is 2.68. The zero-order chi connectivity index (χ0) is 18.8. The number of rotatable bonds is 5. The maximum Gasteiger partial charge on any atom is 0.335 e. The van der Waals surface area contributed by atoms with Gasteiger partial charge in [-0.2, -0.15) is 0 Å². The van der Waals surface area contributed by atoms with Crippen molar-refractivity contribution >= 4 is 11.9 Å². The lowest BCUT2D eigenvalue weighted by atomic mass is 10.0. The number of carbonyl (C=O) groups is 2. The molecule has 3 aromatic carbocycles. The van der Waals surface area contributed by atoms with Gasteiger partial charge in [0.25, 0.3) is 0 Å². The summed E-state index contributed by atoms with van der Waals surface area (Å²) in [6, 6.07) is 26.3. The minimum absolute atomic E-state index is 0.0833. The van der Waals surface area contributed by atoms with E-state index in [-0.39, 0.29) is 11.1 Å². The first-order chi connectivity index (χ1) is 12.6. The summed E-state index contributed by atoms with van der Waals surface area (Å²) in [6.45, 7) is 0. The number of carboxylic acid groups (broad SMARTS) is 2. The quantitative estimate of drug-likeness (QED) is 0.709. The van der Waals surface area contributed by atoms with Crippen LogP contribution in [0.2, 0.25) is 0 Å². The minimum Gasteiger partial charge on any atom is -0.478 e. The predicted octanol–water partition coefficient (Wildman–Crippen LogP) is 4.55. The van der Waals surface area contributed by atoms with Gasteiger partial charge in [0.2, 0.25) is 0 Å². The Kier molecular flexibility index (Phi) is 7.13. The molecule has 132 valence electrons. The molecule has 0 atom stereocenters. The molecule has 0 aromatic heterocycles. The molecule has 0 saturated heterocycles. The van der Waals surface area contributed by atoms with Crippen LogP contribution >= 0.6 is 0 Å². The highest BCUT2D eigenvalue weighted by Crippen LogP contribution is 2.06. The standard InChI is InChI=1S/C14H14.C8H6O4/c1-3-7-13(8-4-1)11-12-14-9-5-2-6-10-14;9-7(10)5-1-2-6(4-3-5)8(11)12/h1-10H,11-12H2;1-4H,(H,9,10)(H,11,12). The molecule has 0 amide bonds. The molecule has 3 rings (SSSR count). The smallest absolute Gasteiger partial charge is 0.335 e. The van der Waals surface area contributed by atoms with Gasteiger partial charge in [-0.25, -0.2) is 9.59 Å². The summed E-state index contributed by atoms with van der Waals surface area (Å²) < 4.78 is 0. The first-order valence-corrected chi connectivity index (χ1v) is 8.21. The Hall–Kier alpha value is -3.40. The molecule has 0 aliphatic heterocycles. The molecular formula is C22H20O4. The highest BCUT2D eigenvalue weighted by molar-refractivity contribution is 5.91. The van der Waals surface area contributed by atoms with Crippen LogP contribution in [-0.2, 0) is 12.8 Å². The zero-order valence-corrected chi connectivity index (χ0v) is 14.2. The summed E-state index contributed by atoms with van der Waals surface area (Å²) in [5.41, 5.74) is 2.99. The Morgan fingerprint density at radius 1 is 0.538 bits per heavy atom. The van der Waals surface area contributed by atoms with E-state index < -0.39 is 11.9 Å². The number of aromatic carboxylic acids is 2. The number of aryl methyl sites for hydroxylation is 2. The van der Waals surface area contributed by atoms with Gasteiger partial charge in [0.05, 0.1) is 11.1 Å². The van der Waals surface area contributed by atoms with E-state index in [1.807, 2.05) is 0 Å². The second kappa shape index (κ2) is 9.79. The Morgan fingerprint density at radius 3 is 1.12 bits per heavy atom. The van der Waals surface area contributed by atoms with Crippen molar-refractivity contribution < 1.29 is 19.8 Å². The summed E-state index contributed by atoms with van der Waals surface area (Å²) in [5, 5.41) is 16.9. The van der Waals surface area contributed by atoms with Crippen molar-refractivity contribution in [3.63, 3.8) is 0 Å². The number of hydrogen-bond donors (Lipinski definition) is 2. The fourth-order valence-electron chi connectivity index (χ4n) is 2.33. The molecule has 0 radical (unpaired) electrons. The van der Waals surface area contributed by atoms with Crippen LogP contribution in [0.15, 0.2) is 84.9 Å². The molecule has 0 aliphatic carbocycles. The molecule has 0 heterocycles. The second-order valence-electron chi connectivity index (χ2n) is 5.66. The monoisotopic (exact) mass is 348 g/mol. The zero-order valence-electron chi connectivity index (χ0n) is 14.2. The molecule has 0 aliphatic rings. The molecule has 0 saturated carbocycles. The Labute approximate surface area is 152 Å². The van der Waals surface area contributed by atoms with E-state index >= 15 is 0 Å². The molecule has 26 heavy (non-hydrogen) atoms. The SMILES string of the molecule is O=C(O)c1ccc(C(=O)O)cc1.c1ccc(CCc2ccccc2)cc1. The minimum atomic E-state index is -1.06. The van der Waals surface area contributed by atoms with Crippen molar-refractivity contribution in [1.82, 2.24) is 0 Å². The van der Waals surface area contributed by atoms with Gasteiger partial charge in [-0.05, 0) is 48.2 Å². The van der Waals surface area contributed by atoms with Crippen LogP contribution in [0.1, 0.15) is 31.8 Å². The molecule has 0 bridgehead atoms. The third-order valence-corrected chi connectivity index (χ3v) is 3.77. The van der Waals surface area contributed by atoms with E-state index in [4.69, 9.17) is 10.2 Å². The van der Waals surface area contributed by atoms with Gasteiger partial charge in [-0.1, -0.05) is 60.7 Å². The number of carboxylic acids is 2. The van der Waals surface area contributed by atoms with Crippen molar-refractivity contribution in [3.05, 3.63) is 107 Å². The third kappa shape index (κ3) is 6.24. The molecule has 2 N–H and O–H groups in total. The fourth-order valence-corrected chi connectivity index (χ4v) is 2.33. The lowest BCUT2D eigenvalue weighted by molar-refractivity contribution is 0.0681. The van der Waals surface area contributed by atoms with Crippen LogP contribution in [0.3, 0.4) is 0 Å². The number of hydrogen-bond acceptors (Lipinski definition) is 2. The van der Waals surface area contributed by atoms with Crippen LogP contribution < -0.4 is 0 Å². The summed E-state index contributed by atoms with van der Waals surface area (Å²) in [4.78, 5) is 20.7. The Morgan fingerprint density at radius 2 is 0.846 bits per heavy atom. The second-order valence-corrected chi connectivity index (χ2v) is 5.66. The van der Waals surface area contributed by atoms with Gasteiger partial charge in [-0.3, -0.25) is 0 Å². The summed E-state index contributed by atoms with van der Waals surface area (Å²) in [5.74, 6) is -2.13. The first-order valence-electron chi connectivity index (χ1n) is 8.21. The van der Waals surface area contributed by atoms with Gasteiger partial charge >= 0.3 is 11.9 Å². The van der Waals surface area contributed by atoms with E-state index in [9.17, 15) is 9.59 Å². The molecular weight excluding hydrogens is 328 g/mol. The largest absolute Gasteiger partial charge is 0.478 e. The molecule has 0 unspecified atom stereocenters. The summed E-state index contributed by atoms with van der Waals surface area (Å²) in [6.07, 6.45) is 2.26. The van der Waals surface area contributed by atoms with Crippen LogP contribution in [0, 0.1) is 0 Å². The summed E-state index contributed by atoms with van der Waals surface area (Å²) >= 11 is 0. The normalized spacial score (nSPS) is 9.69. The average molecular weight is 348 g/mol. The summed E-state index contributed by atoms with van der Waals surface area (Å²) in [7, 11) is 0. The Balaban J connectivity index is 0.000000190. The highest BCUT2D eigenvalue weighted by Gasteiger charge is 2.04. The van der Waals surface area contributed by atoms with Crippen molar-refractivity contribution in [2.75, 3.05) is 0 Å². The fraction of sp³-hybridized carbons (Fsp3) is 0.0909. The van der Waals surface area contributed by atoms with Crippen molar-refractivity contribution in [2.45, 2.75) is 12.8 Å². The number of benzene rings is 3. The molecule has 0 fully saturated rings. The van der Waals surface area contributed by atoms with Crippen LogP contribution in [-0.4, -0.2) is 22.2 Å². The molecule has 4 heteroatoms. The molecule has 4 nitrogen and oxygen atoms in total. The van der Waals surface area contributed by atoms with Gasteiger partial charge in [-0.15, -0.1) is 0 Å². The lowest BCUT2D eigenvalue weighted by Crippen LogP contribution is -1.99. The van der Waals surface area contributed by atoms with E-state index in [0.717, 1.165) is 12.8 Å². The van der Waals surface area contributed by atoms with Crippen LogP contribution in [0.25, 0.3) is 0 Å². The van der Waals surface area contributed by atoms with E-state index in [1.54, 1.807) is 0 Å². The van der Waals surface area contributed by atoms with E-state index in [0.29, 0.717) is 0 Å². The highest BCUT2D eigenvalue weighted by atomic mass is 16.4. The lowest BCUT2D eigenvalue weighted by Gasteiger charge is -2.01. The maximum absolute atomic E-state index is 10.3. The molecule has 3 aromatic rings. The van der Waals surface area contributed by atoms with Gasteiger partial charge in [0, 0.05) is 0 Å². The van der Waals surface area contributed by atoms with E-state index in [2.05, 4.69) is 60.7 Å². The Bertz CT molecular complexity index is 753. The van der Waals surface area contributed by atoms with Crippen molar-refractivity contribution in [1.29, 1.82) is 0 Å².